The Morgan fingerprint density at radius 2 is 1.91 bits per heavy atom. The van der Waals surface area contributed by atoms with Crippen molar-refractivity contribution in [2.75, 3.05) is 13.1 Å². The summed E-state index contributed by atoms with van der Waals surface area (Å²) in [6, 6.07) is 0.973. The van der Waals surface area contributed by atoms with Crippen LogP contribution in [0.5, 0.6) is 0 Å². The van der Waals surface area contributed by atoms with Crippen LogP contribution in [0.3, 0.4) is 0 Å². The summed E-state index contributed by atoms with van der Waals surface area (Å²) in [6.07, 6.45) is 4.96. The second kappa shape index (κ2) is 5.37. The van der Waals surface area contributed by atoms with Gasteiger partial charge in [0.2, 0.25) is 0 Å². The standard InChI is InChI=1S/C19H34N2O2/c1-17(2,3)23-16(22)21-10-8-14(12-21)20-15-18(4,5)13-7-9-19(15,6)11-13/h13-15,20H,7-12H2,1-6H3. The third-order valence-electron chi connectivity index (χ3n) is 6.51. The number of rotatable bonds is 2. The molecule has 23 heavy (non-hydrogen) atoms. The second-order valence-corrected chi connectivity index (χ2v) is 9.93. The molecule has 3 fully saturated rings. The highest BCUT2D eigenvalue weighted by Gasteiger charge is 2.59. The number of hydrogen-bond acceptors (Lipinski definition) is 3. The predicted molar refractivity (Wildman–Crippen MR) is 92.4 cm³/mol. The van der Waals surface area contributed by atoms with Crippen LogP contribution in [0.2, 0.25) is 0 Å². The zero-order valence-corrected chi connectivity index (χ0v) is 15.7. The fraction of sp³-hybridized carbons (Fsp3) is 0.947. The predicted octanol–water partition coefficient (Wildman–Crippen LogP) is 3.80. The highest BCUT2D eigenvalue weighted by Crippen LogP contribution is 2.62. The molecular formula is C19H34N2O2. The number of nitrogens with one attached hydrogen (secondary N) is 1. The summed E-state index contributed by atoms with van der Waals surface area (Å²) in [7, 11) is 0. The van der Waals surface area contributed by atoms with Crippen molar-refractivity contribution >= 4 is 6.09 Å². The van der Waals surface area contributed by atoms with Gasteiger partial charge in [-0.15, -0.1) is 0 Å². The zero-order valence-electron chi connectivity index (χ0n) is 15.7. The highest BCUT2D eigenvalue weighted by molar-refractivity contribution is 5.68. The molecule has 3 aliphatic rings. The second-order valence-electron chi connectivity index (χ2n) is 9.93. The fourth-order valence-corrected chi connectivity index (χ4v) is 5.34. The zero-order chi connectivity index (χ0) is 17.0. The van der Waals surface area contributed by atoms with Crippen molar-refractivity contribution in [3.05, 3.63) is 0 Å². The number of hydrogen-bond donors (Lipinski definition) is 1. The first kappa shape index (κ1) is 17.1. The summed E-state index contributed by atoms with van der Waals surface area (Å²) in [4.78, 5) is 14.1. The lowest BCUT2D eigenvalue weighted by Gasteiger charge is -2.44. The van der Waals surface area contributed by atoms with Gasteiger partial charge in [-0.2, -0.15) is 0 Å². The van der Waals surface area contributed by atoms with E-state index >= 15 is 0 Å². The number of ether oxygens (including phenoxy) is 1. The Morgan fingerprint density at radius 3 is 2.48 bits per heavy atom. The van der Waals surface area contributed by atoms with E-state index in [2.05, 4.69) is 26.1 Å². The Morgan fingerprint density at radius 1 is 1.22 bits per heavy atom. The molecule has 4 heteroatoms. The lowest BCUT2D eigenvalue weighted by atomic mass is 9.68. The molecule has 0 aromatic carbocycles. The molecule has 1 amide bonds. The van der Waals surface area contributed by atoms with E-state index < -0.39 is 5.60 Å². The number of nitrogens with zero attached hydrogens (tertiary/aromatic N) is 1. The van der Waals surface area contributed by atoms with Crippen molar-refractivity contribution in [2.24, 2.45) is 16.7 Å². The van der Waals surface area contributed by atoms with E-state index in [0.29, 0.717) is 22.9 Å². The molecule has 0 radical (unpaired) electrons. The van der Waals surface area contributed by atoms with Crippen LogP contribution < -0.4 is 5.32 Å². The minimum absolute atomic E-state index is 0.166. The Kier molecular flexibility index (Phi) is 3.98. The molecule has 4 unspecified atom stereocenters. The molecule has 1 N–H and O–H groups in total. The van der Waals surface area contributed by atoms with Gasteiger partial charge in [-0.25, -0.2) is 4.79 Å². The van der Waals surface area contributed by atoms with E-state index in [1.807, 2.05) is 25.7 Å². The van der Waals surface area contributed by atoms with Crippen LogP contribution in [0.25, 0.3) is 0 Å². The molecule has 4 atom stereocenters. The van der Waals surface area contributed by atoms with Crippen molar-refractivity contribution in [2.45, 2.75) is 84.9 Å². The van der Waals surface area contributed by atoms with Gasteiger partial charge in [0.1, 0.15) is 5.60 Å². The van der Waals surface area contributed by atoms with Crippen LogP contribution in [0, 0.1) is 16.7 Å². The monoisotopic (exact) mass is 322 g/mol. The molecule has 1 aliphatic heterocycles. The quantitative estimate of drug-likeness (QED) is 0.841. The molecule has 3 rings (SSSR count). The smallest absolute Gasteiger partial charge is 0.410 e. The Bertz CT molecular complexity index is 477. The number of carbonyl (C=O) groups is 1. The van der Waals surface area contributed by atoms with Crippen molar-refractivity contribution in [1.29, 1.82) is 0 Å². The maximum absolute atomic E-state index is 12.2. The largest absolute Gasteiger partial charge is 0.444 e. The van der Waals surface area contributed by atoms with Crippen LogP contribution in [-0.2, 0) is 4.74 Å². The molecule has 132 valence electrons. The van der Waals surface area contributed by atoms with Crippen LogP contribution in [0.4, 0.5) is 4.79 Å². The minimum atomic E-state index is -0.414. The Hall–Kier alpha value is -0.770. The van der Waals surface area contributed by atoms with Gasteiger partial charge >= 0.3 is 6.09 Å². The minimum Gasteiger partial charge on any atom is -0.444 e. The molecule has 2 saturated carbocycles. The molecule has 0 spiro atoms. The third kappa shape index (κ3) is 3.11. The summed E-state index contributed by atoms with van der Waals surface area (Å²) in [6.45, 7) is 14.7. The lowest BCUT2D eigenvalue weighted by molar-refractivity contribution is 0.0285. The fourth-order valence-electron chi connectivity index (χ4n) is 5.34. The van der Waals surface area contributed by atoms with E-state index in [-0.39, 0.29) is 6.09 Å². The molecule has 2 bridgehead atoms. The van der Waals surface area contributed by atoms with Gasteiger partial charge in [0.25, 0.3) is 0 Å². The number of amides is 1. The van der Waals surface area contributed by atoms with Gasteiger partial charge in [-0.3, -0.25) is 0 Å². The van der Waals surface area contributed by atoms with Crippen molar-refractivity contribution in [3.8, 4) is 0 Å². The Balaban J connectivity index is 1.59. The first-order valence-electron chi connectivity index (χ1n) is 9.25. The van der Waals surface area contributed by atoms with E-state index in [9.17, 15) is 4.79 Å². The molecule has 4 nitrogen and oxygen atoms in total. The molecule has 2 aliphatic carbocycles. The first-order chi connectivity index (χ1) is 10.5. The molecule has 0 aromatic heterocycles. The van der Waals surface area contributed by atoms with Crippen LogP contribution >= 0.6 is 0 Å². The van der Waals surface area contributed by atoms with Gasteiger partial charge in [-0.1, -0.05) is 20.8 Å². The summed E-state index contributed by atoms with van der Waals surface area (Å²) >= 11 is 0. The van der Waals surface area contributed by atoms with Gasteiger partial charge < -0.3 is 15.0 Å². The molecular weight excluding hydrogens is 288 g/mol. The summed E-state index contributed by atoms with van der Waals surface area (Å²) in [5.74, 6) is 0.855. The Labute approximate surface area is 141 Å². The molecule has 0 aromatic rings. The van der Waals surface area contributed by atoms with Crippen LogP contribution in [0.15, 0.2) is 0 Å². The van der Waals surface area contributed by atoms with E-state index in [4.69, 9.17) is 4.74 Å². The van der Waals surface area contributed by atoms with Crippen LogP contribution in [-0.4, -0.2) is 41.8 Å². The maximum Gasteiger partial charge on any atom is 0.410 e. The van der Waals surface area contributed by atoms with Gasteiger partial charge in [0, 0.05) is 25.2 Å². The average molecular weight is 322 g/mol. The first-order valence-corrected chi connectivity index (χ1v) is 9.25. The summed E-state index contributed by atoms with van der Waals surface area (Å²) < 4.78 is 5.51. The highest BCUT2D eigenvalue weighted by atomic mass is 16.6. The van der Waals surface area contributed by atoms with Crippen LogP contribution in [0.1, 0.15) is 67.2 Å². The van der Waals surface area contributed by atoms with Gasteiger partial charge in [0.05, 0.1) is 0 Å². The van der Waals surface area contributed by atoms with Crippen molar-refractivity contribution in [3.63, 3.8) is 0 Å². The summed E-state index contributed by atoms with van der Waals surface area (Å²) in [5.41, 5.74) is 0.391. The lowest BCUT2D eigenvalue weighted by Crippen LogP contribution is -2.54. The van der Waals surface area contributed by atoms with Crippen molar-refractivity contribution < 1.29 is 9.53 Å². The normalized spacial score (nSPS) is 39.0. The van der Waals surface area contributed by atoms with Gasteiger partial charge in [-0.05, 0) is 63.2 Å². The molecule has 1 saturated heterocycles. The average Bonchev–Trinajstić information content (AvgIpc) is 3.04. The SMILES string of the molecule is CC(C)(C)OC(=O)N1CCC(NC2C3(C)CCC(C3)C2(C)C)C1. The van der Waals surface area contributed by atoms with Gasteiger partial charge in [0.15, 0.2) is 0 Å². The number of likely N-dealkylation sites (tertiary alicyclic amines) is 1. The van der Waals surface area contributed by atoms with Crippen molar-refractivity contribution in [1.82, 2.24) is 10.2 Å². The number of carbonyl (C=O) groups excluding carboxylic acids is 1. The topological polar surface area (TPSA) is 41.6 Å². The third-order valence-corrected chi connectivity index (χ3v) is 6.51. The molecule has 1 heterocycles. The van der Waals surface area contributed by atoms with E-state index in [1.165, 1.54) is 19.3 Å². The number of fused-ring (bicyclic) bond motifs is 2. The van der Waals surface area contributed by atoms with E-state index in [0.717, 1.165) is 25.4 Å². The maximum atomic E-state index is 12.2. The summed E-state index contributed by atoms with van der Waals surface area (Å²) in [5, 5.41) is 3.94. The van der Waals surface area contributed by atoms with E-state index in [1.54, 1.807) is 0 Å².